The van der Waals surface area contributed by atoms with Gasteiger partial charge < -0.3 is 10.1 Å². The highest BCUT2D eigenvalue weighted by molar-refractivity contribution is 9.10. The molecule has 0 atom stereocenters. The molecule has 0 amide bonds. The minimum Gasteiger partial charge on any atom is -0.497 e. The normalized spacial score (nSPS) is 10.6. The number of ether oxygens (including phenoxy) is 1. The number of methoxy groups -OCH3 is 1. The van der Waals surface area contributed by atoms with Crippen LogP contribution in [0.2, 0.25) is 0 Å². The lowest BCUT2D eigenvalue weighted by Crippen LogP contribution is -1.98. The largest absolute Gasteiger partial charge is 0.497 e. The van der Waals surface area contributed by atoms with Gasteiger partial charge in [0.05, 0.1) is 12.8 Å². The Morgan fingerprint density at radius 3 is 2.81 bits per heavy atom. The van der Waals surface area contributed by atoms with Gasteiger partial charge >= 0.3 is 0 Å². The molecule has 0 aromatic heterocycles. The molecule has 0 fully saturated rings. The molecular formula is C16H13BrFNO2. The molecule has 0 unspecified atom stereocenters. The quantitative estimate of drug-likeness (QED) is 0.641. The molecule has 0 saturated heterocycles. The van der Waals surface area contributed by atoms with Crippen LogP contribution < -0.4 is 10.1 Å². The van der Waals surface area contributed by atoms with E-state index in [-0.39, 0.29) is 5.78 Å². The zero-order valence-corrected chi connectivity index (χ0v) is 12.9. The van der Waals surface area contributed by atoms with Crippen LogP contribution in [0.1, 0.15) is 10.4 Å². The molecule has 0 bridgehead atoms. The number of carbonyl (C=O) groups is 1. The van der Waals surface area contributed by atoms with Crippen LogP contribution in [0.3, 0.4) is 0 Å². The van der Waals surface area contributed by atoms with Crippen molar-refractivity contribution in [3.63, 3.8) is 0 Å². The number of halogens is 2. The van der Waals surface area contributed by atoms with Gasteiger partial charge in [0.25, 0.3) is 0 Å². The van der Waals surface area contributed by atoms with Crippen LogP contribution >= 0.6 is 15.9 Å². The lowest BCUT2D eigenvalue weighted by molar-refractivity contribution is 0.104. The predicted molar refractivity (Wildman–Crippen MR) is 84.2 cm³/mol. The molecule has 108 valence electrons. The van der Waals surface area contributed by atoms with Crippen molar-refractivity contribution in [2.24, 2.45) is 0 Å². The van der Waals surface area contributed by atoms with E-state index in [2.05, 4.69) is 21.2 Å². The first-order valence-corrected chi connectivity index (χ1v) is 6.96. The van der Waals surface area contributed by atoms with E-state index < -0.39 is 5.82 Å². The smallest absolute Gasteiger partial charge is 0.187 e. The molecule has 0 aliphatic heterocycles. The third-order valence-corrected chi connectivity index (χ3v) is 3.25. The van der Waals surface area contributed by atoms with Crippen LogP contribution in [-0.2, 0) is 0 Å². The number of carbonyl (C=O) groups excluding carboxylic acids is 1. The Balaban J connectivity index is 2.05. The summed E-state index contributed by atoms with van der Waals surface area (Å²) < 4.78 is 19.3. The highest BCUT2D eigenvalue weighted by Gasteiger charge is 2.04. The fourth-order valence-electron chi connectivity index (χ4n) is 1.69. The third-order valence-electron chi connectivity index (χ3n) is 2.76. The van der Waals surface area contributed by atoms with Crippen LogP contribution in [0.4, 0.5) is 10.1 Å². The van der Waals surface area contributed by atoms with Crippen LogP contribution in [-0.4, -0.2) is 12.9 Å². The first kappa shape index (κ1) is 15.3. The van der Waals surface area contributed by atoms with E-state index in [1.165, 1.54) is 25.5 Å². The van der Waals surface area contributed by atoms with Crippen molar-refractivity contribution in [1.29, 1.82) is 0 Å². The maximum atomic E-state index is 13.6. The summed E-state index contributed by atoms with van der Waals surface area (Å²) in [6, 6.07) is 11.5. The van der Waals surface area contributed by atoms with Gasteiger partial charge in [-0.15, -0.1) is 0 Å². The van der Waals surface area contributed by atoms with Gasteiger partial charge in [0.15, 0.2) is 5.78 Å². The number of rotatable bonds is 5. The standard InChI is InChI=1S/C16H13BrFNO2/c1-21-13-4-2-3-11(9-13)16(20)7-8-19-15-6-5-12(17)10-14(15)18/h2-10,19H,1H3/b8-7+. The van der Waals surface area contributed by atoms with E-state index in [0.29, 0.717) is 21.5 Å². The lowest BCUT2D eigenvalue weighted by atomic mass is 10.1. The van der Waals surface area contributed by atoms with Crippen molar-refractivity contribution in [3.05, 3.63) is 70.6 Å². The maximum absolute atomic E-state index is 13.6. The minimum atomic E-state index is -0.400. The van der Waals surface area contributed by atoms with Crippen LogP contribution in [0.25, 0.3) is 0 Å². The van der Waals surface area contributed by atoms with E-state index in [9.17, 15) is 9.18 Å². The van der Waals surface area contributed by atoms with Crippen LogP contribution in [0.5, 0.6) is 5.75 Å². The van der Waals surface area contributed by atoms with E-state index in [1.807, 2.05) is 0 Å². The second-order valence-electron chi connectivity index (χ2n) is 4.20. The monoisotopic (exact) mass is 349 g/mol. The molecule has 3 nitrogen and oxygen atoms in total. The van der Waals surface area contributed by atoms with E-state index in [1.54, 1.807) is 36.4 Å². The number of nitrogens with one attached hydrogen (secondary N) is 1. The highest BCUT2D eigenvalue weighted by atomic mass is 79.9. The number of hydrogen-bond donors (Lipinski definition) is 1. The number of anilines is 1. The Bertz CT molecular complexity index is 686. The average Bonchev–Trinajstić information content (AvgIpc) is 2.49. The molecule has 0 radical (unpaired) electrons. The first-order chi connectivity index (χ1) is 10.1. The molecule has 2 aromatic carbocycles. The molecule has 21 heavy (non-hydrogen) atoms. The zero-order valence-electron chi connectivity index (χ0n) is 11.3. The van der Waals surface area contributed by atoms with Gasteiger partial charge in [-0.2, -0.15) is 0 Å². The molecule has 5 heteroatoms. The number of benzene rings is 2. The molecule has 0 saturated carbocycles. The molecule has 1 N–H and O–H groups in total. The zero-order chi connectivity index (χ0) is 15.2. The minimum absolute atomic E-state index is 0.195. The summed E-state index contributed by atoms with van der Waals surface area (Å²) in [4.78, 5) is 12.0. The lowest BCUT2D eigenvalue weighted by Gasteiger charge is -2.03. The van der Waals surface area contributed by atoms with Crippen molar-refractivity contribution in [2.75, 3.05) is 12.4 Å². The maximum Gasteiger partial charge on any atom is 0.187 e. The summed E-state index contributed by atoms with van der Waals surface area (Å²) in [6.07, 6.45) is 2.75. The summed E-state index contributed by atoms with van der Waals surface area (Å²) in [5, 5.41) is 2.74. The average molecular weight is 350 g/mol. The predicted octanol–water partition coefficient (Wildman–Crippen LogP) is 4.41. The second-order valence-corrected chi connectivity index (χ2v) is 5.11. The molecular weight excluding hydrogens is 337 g/mol. The van der Waals surface area contributed by atoms with Gasteiger partial charge in [0.1, 0.15) is 11.6 Å². The molecule has 2 rings (SSSR count). The fraction of sp³-hybridized carbons (Fsp3) is 0.0625. The van der Waals surface area contributed by atoms with Gasteiger partial charge in [-0.25, -0.2) is 4.39 Å². The number of ketones is 1. The number of hydrogen-bond acceptors (Lipinski definition) is 3. The summed E-state index contributed by atoms with van der Waals surface area (Å²) in [7, 11) is 1.54. The van der Waals surface area contributed by atoms with Crippen LogP contribution in [0.15, 0.2) is 59.2 Å². The highest BCUT2D eigenvalue weighted by Crippen LogP contribution is 2.19. The topological polar surface area (TPSA) is 38.3 Å². The van der Waals surface area contributed by atoms with E-state index >= 15 is 0 Å². The fourth-order valence-corrected chi connectivity index (χ4v) is 2.02. The third kappa shape index (κ3) is 4.16. The Morgan fingerprint density at radius 1 is 1.29 bits per heavy atom. The van der Waals surface area contributed by atoms with Crippen molar-refractivity contribution >= 4 is 27.4 Å². The SMILES string of the molecule is COc1cccc(C(=O)/C=C/Nc2ccc(Br)cc2F)c1. The Hall–Kier alpha value is -2.14. The molecule has 0 spiro atoms. The molecule has 0 aliphatic carbocycles. The van der Waals surface area contributed by atoms with E-state index in [4.69, 9.17) is 4.74 Å². The van der Waals surface area contributed by atoms with E-state index in [0.717, 1.165) is 0 Å². The number of allylic oxidation sites excluding steroid dienone is 1. The van der Waals surface area contributed by atoms with Gasteiger partial charge in [-0.05, 0) is 30.3 Å². The Morgan fingerprint density at radius 2 is 2.10 bits per heavy atom. The summed E-state index contributed by atoms with van der Waals surface area (Å²) in [5.74, 6) is 0.0166. The molecule has 0 aliphatic rings. The van der Waals surface area contributed by atoms with Crippen molar-refractivity contribution in [1.82, 2.24) is 0 Å². The first-order valence-electron chi connectivity index (χ1n) is 6.16. The Kier molecular flexibility index (Phi) is 5.11. The van der Waals surface area contributed by atoms with Crippen molar-refractivity contribution in [2.45, 2.75) is 0 Å². The van der Waals surface area contributed by atoms with Gasteiger partial charge in [0.2, 0.25) is 0 Å². The van der Waals surface area contributed by atoms with Gasteiger partial charge in [-0.1, -0.05) is 28.1 Å². The second kappa shape index (κ2) is 7.04. The summed E-state index contributed by atoms with van der Waals surface area (Å²) >= 11 is 3.18. The van der Waals surface area contributed by atoms with Crippen molar-refractivity contribution < 1.29 is 13.9 Å². The van der Waals surface area contributed by atoms with Gasteiger partial charge in [-0.3, -0.25) is 4.79 Å². The molecule has 2 aromatic rings. The summed E-state index contributed by atoms with van der Waals surface area (Å²) in [5.41, 5.74) is 0.802. The van der Waals surface area contributed by atoms with Crippen LogP contribution in [0, 0.1) is 5.82 Å². The Labute approximate surface area is 130 Å². The van der Waals surface area contributed by atoms with Gasteiger partial charge in [0, 0.05) is 22.3 Å². The summed E-state index contributed by atoms with van der Waals surface area (Å²) in [6.45, 7) is 0. The molecule has 0 heterocycles. The van der Waals surface area contributed by atoms with Crippen molar-refractivity contribution in [3.8, 4) is 5.75 Å².